The van der Waals surface area contributed by atoms with Crippen LogP contribution in [0.25, 0.3) is 0 Å². The molecule has 9 heteroatoms. The van der Waals surface area contributed by atoms with Gasteiger partial charge in [0.15, 0.2) is 17.6 Å². The second kappa shape index (κ2) is 8.48. The van der Waals surface area contributed by atoms with Crippen LogP contribution < -0.4 is 14.7 Å². The summed E-state index contributed by atoms with van der Waals surface area (Å²) in [4.78, 5) is 34.3. The Balaban J connectivity index is 1.62. The van der Waals surface area contributed by atoms with E-state index in [0.717, 1.165) is 4.47 Å². The van der Waals surface area contributed by atoms with Crippen molar-refractivity contribution in [2.75, 3.05) is 17.1 Å². The van der Waals surface area contributed by atoms with E-state index in [1.807, 2.05) is 30.3 Å². The van der Waals surface area contributed by atoms with Crippen molar-refractivity contribution >= 4 is 55.0 Å². The summed E-state index contributed by atoms with van der Waals surface area (Å²) in [7, 11) is 1.45. The van der Waals surface area contributed by atoms with E-state index in [4.69, 9.17) is 9.57 Å². The third kappa shape index (κ3) is 3.60. The average Bonchev–Trinajstić information content (AvgIpc) is 3.33. The number of ether oxygens (including phenoxy) is 1. The minimum Gasteiger partial charge on any atom is -0.503 e. The SMILES string of the molecule is COc1cc(C2C3C(=O)N(c4ccc(Br)cc4)C(=O)C3ON2c2ccccc2)cc(Br)c1O. The van der Waals surface area contributed by atoms with Crippen molar-refractivity contribution in [3.05, 3.63) is 81.2 Å². The number of carbonyl (C=O) groups is 2. The van der Waals surface area contributed by atoms with Crippen LogP contribution in [0, 0.1) is 5.92 Å². The summed E-state index contributed by atoms with van der Waals surface area (Å²) in [6.45, 7) is 0. The molecule has 3 aromatic carbocycles. The summed E-state index contributed by atoms with van der Waals surface area (Å²) < 4.78 is 6.58. The molecule has 0 aromatic heterocycles. The number of rotatable bonds is 4. The molecule has 33 heavy (non-hydrogen) atoms. The molecule has 2 amide bonds. The molecule has 5 rings (SSSR count). The Morgan fingerprint density at radius 2 is 1.64 bits per heavy atom. The van der Waals surface area contributed by atoms with Gasteiger partial charge in [0.2, 0.25) is 5.91 Å². The number of methoxy groups -OCH3 is 1. The number of para-hydroxylation sites is 1. The lowest BCUT2D eigenvalue weighted by molar-refractivity contribution is -0.126. The first-order chi connectivity index (χ1) is 15.9. The van der Waals surface area contributed by atoms with Crippen LogP contribution in [0.4, 0.5) is 11.4 Å². The third-order valence-electron chi connectivity index (χ3n) is 5.82. The Labute approximate surface area is 206 Å². The molecule has 0 saturated carbocycles. The smallest absolute Gasteiger partial charge is 0.266 e. The van der Waals surface area contributed by atoms with Gasteiger partial charge in [-0.25, -0.2) is 9.96 Å². The molecule has 3 unspecified atom stereocenters. The van der Waals surface area contributed by atoms with E-state index in [-0.39, 0.29) is 17.4 Å². The van der Waals surface area contributed by atoms with Crippen LogP contribution in [0.1, 0.15) is 11.6 Å². The van der Waals surface area contributed by atoms with Gasteiger partial charge in [0.1, 0.15) is 5.92 Å². The lowest BCUT2D eigenvalue weighted by atomic mass is 9.90. The number of carbonyl (C=O) groups excluding carboxylic acids is 2. The predicted octanol–water partition coefficient (Wildman–Crippen LogP) is 4.98. The molecule has 3 aromatic rings. The molecule has 0 spiro atoms. The fourth-order valence-electron chi connectivity index (χ4n) is 4.32. The minimum atomic E-state index is -0.982. The van der Waals surface area contributed by atoms with E-state index >= 15 is 0 Å². The zero-order valence-electron chi connectivity index (χ0n) is 17.3. The number of phenols is 1. The van der Waals surface area contributed by atoms with Gasteiger partial charge in [0.25, 0.3) is 5.91 Å². The van der Waals surface area contributed by atoms with Crippen LogP contribution in [0.2, 0.25) is 0 Å². The molecule has 168 valence electrons. The molecule has 0 radical (unpaired) electrons. The van der Waals surface area contributed by atoms with E-state index in [0.29, 0.717) is 21.4 Å². The van der Waals surface area contributed by atoms with Crippen molar-refractivity contribution in [2.45, 2.75) is 12.1 Å². The number of fused-ring (bicyclic) bond motifs is 1. The zero-order valence-corrected chi connectivity index (χ0v) is 20.5. The quantitative estimate of drug-likeness (QED) is 0.444. The molecular formula is C24H18Br2N2O5. The van der Waals surface area contributed by atoms with E-state index in [2.05, 4.69) is 31.9 Å². The molecule has 2 fully saturated rings. The molecule has 3 atom stereocenters. The number of imide groups is 1. The highest BCUT2D eigenvalue weighted by molar-refractivity contribution is 9.10. The highest BCUT2D eigenvalue weighted by Gasteiger charge is 2.60. The number of benzene rings is 3. The van der Waals surface area contributed by atoms with E-state index < -0.39 is 24.0 Å². The van der Waals surface area contributed by atoms with Gasteiger partial charge < -0.3 is 9.84 Å². The van der Waals surface area contributed by atoms with Crippen LogP contribution in [-0.2, 0) is 14.4 Å². The highest BCUT2D eigenvalue weighted by Crippen LogP contribution is 2.49. The molecule has 1 N–H and O–H groups in total. The predicted molar refractivity (Wildman–Crippen MR) is 129 cm³/mol. The molecule has 0 bridgehead atoms. The van der Waals surface area contributed by atoms with E-state index in [1.54, 1.807) is 41.5 Å². The topological polar surface area (TPSA) is 79.3 Å². The number of nitrogens with zero attached hydrogens (tertiary/aromatic N) is 2. The summed E-state index contributed by atoms with van der Waals surface area (Å²) in [6, 6.07) is 19.0. The Morgan fingerprint density at radius 1 is 0.939 bits per heavy atom. The van der Waals surface area contributed by atoms with Gasteiger partial charge in [-0.2, -0.15) is 0 Å². The van der Waals surface area contributed by atoms with E-state index in [9.17, 15) is 14.7 Å². The normalized spacial score (nSPS) is 22.1. The van der Waals surface area contributed by atoms with Gasteiger partial charge in [-0.3, -0.25) is 14.4 Å². The molecule has 2 heterocycles. The molecular weight excluding hydrogens is 556 g/mol. The Morgan fingerprint density at radius 3 is 2.30 bits per heavy atom. The summed E-state index contributed by atoms with van der Waals surface area (Å²) >= 11 is 6.74. The van der Waals surface area contributed by atoms with Crippen molar-refractivity contribution in [1.29, 1.82) is 0 Å². The largest absolute Gasteiger partial charge is 0.503 e. The van der Waals surface area contributed by atoms with Crippen LogP contribution in [0.3, 0.4) is 0 Å². The first kappa shape index (κ1) is 21.9. The number of amides is 2. The van der Waals surface area contributed by atoms with Gasteiger partial charge in [-0.05, 0) is 70.0 Å². The molecule has 2 aliphatic heterocycles. The van der Waals surface area contributed by atoms with Gasteiger partial charge in [0, 0.05) is 4.47 Å². The summed E-state index contributed by atoms with van der Waals surface area (Å²) in [5, 5.41) is 11.9. The maximum absolute atomic E-state index is 13.6. The number of hydrogen-bond donors (Lipinski definition) is 1. The van der Waals surface area contributed by atoms with Crippen molar-refractivity contribution in [2.24, 2.45) is 5.92 Å². The number of halogens is 2. The first-order valence-electron chi connectivity index (χ1n) is 10.1. The van der Waals surface area contributed by atoms with E-state index in [1.165, 1.54) is 12.0 Å². The lowest BCUT2D eigenvalue weighted by Crippen LogP contribution is -2.37. The zero-order chi connectivity index (χ0) is 23.3. The maximum Gasteiger partial charge on any atom is 0.266 e. The molecule has 7 nitrogen and oxygen atoms in total. The van der Waals surface area contributed by atoms with Crippen LogP contribution in [0.5, 0.6) is 11.5 Å². The van der Waals surface area contributed by atoms with Crippen LogP contribution >= 0.6 is 31.9 Å². The second-order valence-electron chi connectivity index (χ2n) is 7.70. The molecule has 2 aliphatic rings. The van der Waals surface area contributed by atoms with Crippen LogP contribution in [-0.4, -0.2) is 30.1 Å². The Kier molecular flexibility index (Phi) is 5.64. The third-order valence-corrected chi connectivity index (χ3v) is 6.96. The Bertz CT molecular complexity index is 1240. The van der Waals surface area contributed by atoms with Gasteiger partial charge in [0.05, 0.1) is 29.0 Å². The van der Waals surface area contributed by atoms with Gasteiger partial charge in [-0.1, -0.05) is 34.1 Å². The van der Waals surface area contributed by atoms with Crippen molar-refractivity contribution < 1.29 is 24.3 Å². The minimum absolute atomic E-state index is 0.0479. The monoisotopic (exact) mass is 572 g/mol. The van der Waals surface area contributed by atoms with Crippen molar-refractivity contribution in [3.8, 4) is 11.5 Å². The Hall–Kier alpha value is -2.88. The summed E-state index contributed by atoms with van der Waals surface area (Å²) in [6.07, 6.45) is -0.982. The maximum atomic E-state index is 13.6. The summed E-state index contributed by atoms with van der Waals surface area (Å²) in [5.74, 6) is -1.35. The fourth-order valence-corrected chi connectivity index (χ4v) is 5.04. The number of aromatic hydroxyl groups is 1. The number of hydrogen-bond acceptors (Lipinski definition) is 6. The second-order valence-corrected chi connectivity index (χ2v) is 9.47. The lowest BCUT2D eigenvalue weighted by Gasteiger charge is -2.29. The fraction of sp³-hybridized carbons (Fsp3) is 0.167. The van der Waals surface area contributed by atoms with Crippen LogP contribution in [0.15, 0.2) is 75.7 Å². The number of hydroxylamine groups is 1. The first-order valence-corrected chi connectivity index (χ1v) is 11.7. The number of anilines is 2. The molecule has 2 saturated heterocycles. The summed E-state index contributed by atoms with van der Waals surface area (Å²) in [5.41, 5.74) is 1.85. The standard InChI is InChI=1S/C24H18Br2N2O5/c1-32-18-12-13(11-17(26)21(18)29)20-19-22(33-28(20)16-5-3-2-4-6-16)24(31)27(23(19)30)15-9-7-14(25)8-10-15/h2-12,19-20,22,29H,1H3. The van der Waals surface area contributed by atoms with Gasteiger partial charge >= 0.3 is 0 Å². The van der Waals surface area contributed by atoms with Crippen molar-refractivity contribution in [1.82, 2.24) is 0 Å². The number of phenolic OH excluding ortho intramolecular Hbond substituents is 1. The molecule has 0 aliphatic carbocycles. The highest BCUT2D eigenvalue weighted by atomic mass is 79.9. The van der Waals surface area contributed by atoms with Gasteiger partial charge in [-0.15, -0.1) is 0 Å². The average molecular weight is 574 g/mol. The van der Waals surface area contributed by atoms with Crippen molar-refractivity contribution in [3.63, 3.8) is 0 Å².